The highest BCUT2D eigenvalue weighted by molar-refractivity contribution is 6.31. The molecule has 3 nitrogen and oxygen atoms in total. The maximum atomic E-state index is 13.1. The minimum Gasteiger partial charge on any atom is -0.327 e. The monoisotopic (exact) mass is 307 g/mol. The minimum absolute atomic E-state index is 0.244. The normalized spacial score (nSPS) is 10.7. The lowest BCUT2D eigenvalue weighted by Crippen LogP contribution is -2.19. The van der Waals surface area contributed by atoms with Gasteiger partial charge in [-0.25, -0.2) is 9.37 Å². The second kappa shape index (κ2) is 7.38. The predicted molar refractivity (Wildman–Crippen MR) is 85.7 cm³/mol. The van der Waals surface area contributed by atoms with Gasteiger partial charge in [-0.3, -0.25) is 0 Å². The van der Waals surface area contributed by atoms with Crippen LogP contribution in [0.5, 0.6) is 0 Å². The van der Waals surface area contributed by atoms with Crippen LogP contribution in [0, 0.1) is 5.82 Å². The SMILES string of the molecule is CCNCc1nc(N(CC)c2ccc(F)cc2)ccc1Cl. The molecule has 1 aromatic carbocycles. The fourth-order valence-electron chi connectivity index (χ4n) is 2.09. The van der Waals surface area contributed by atoms with Crippen molar-refractivity contribution in [2.45, 2.75) is 20.4 Å². The molecule has 1 N–H and O–H groups in total. The van der Waals surface area contributed by atoms with Crippen molar-refractivity contribution in [1.82, 2.24) is 10.3 Å². The number of hydrogen-bond acceptors (Lipinski definition) is 3. The number of aromatic nitrogens is 1. The molecular weight excluding hydrogens is 289 g/mol. The van der Waals surface area contributed by atoms with Gasteiger partial charge in [0, 0.05) is 18.8 Å². The first-order valence-corrected chi connectivity index (χ1v) is 7.42. The molecule has 0 bridgehead atoms. The molecule has 0 spiro atoms. The average molecular weight is 308 g/mol. The van der Waals surface area contributed by atoms with Crippen LogP contribution >= 0.6 is 11.6 Å². The topological polar surface area (TPSA) is 28.2 Å². The van der Waals surface area contributed by atoms with Gasteiger partial charge in [0.1, 0.15) is 11.6 Å². The second-order valence-corrected chi connectivity index (χ2v) is 5.01. The van der Waals surface area contributed by atoms with Crippen molar-refractivity contribution in [3.05, 3.63) is 52.9 Å². The van der Waals surface area contributed by atoms with Gasteiger partial charge in [0.15, 0.2) is 0 Å². The van der Waals surface area contributed by atoms with E-state index in [1.165, 1.54) is 12.1 Å². The summed E-state index contributed by atoms with van der Waals surface area (Å²) >= 11 is 6.18. The number of nitrogens with zero attached hydrogens (tertiary/aromatic N) is 2. The van der Waals surface area contributed by atoms with Crippen LogP contribution in [-0.2, 0) is 6.54 Å². The molecule has 1 heterocycles. The van der Waals surface area contributed by atoms with Crippen LogP contribution in [0.25, 0.3) is 0 Å². The molecule has 21 heavy (non-hydrogen) atoms. The zero-order valence-corrected chi connectivity index (χ0v) is 13.0. The first kappa shape index (κ1) is 15.7. The van der Waals surface area contributed by atoms with Crippen LogP contribution in [0.2, 0.25) is 5.02 Å². The molecule has 2 aromatic rings. The van der Waals surface area contributed by atoms with Crippen LogP contribution < -0.4 is 10.2 Å². The Bertz CT molecular complexity index is 587. The summed E-state index contributed by atoms with van der Waals surface area (Å²) in [5, 5.41) is 3.87. The first-order valence-electron chi connectivity index (χ1n) is 7.05. The Hall–Kier alpha value is -1.65. The highest BCUT2D eigenvalue weighted by Gasteiger charge is 2.11. The lowest BCUT2D eigenvalue weighted by Gasteiger charge is -2.23. The summed E-state index contributed by atoms with van der Waals surface area (Å²) in [6.07, 6.45) is 0. The third-order valence-corrected chi connectivity index (χ3v) is 3.52. The summed E-state index contributed by atoms with van der Waals surface area (Å²) in [6.45, 7) is 6.29. The van der Waals surface area contributed by atoms with Crippen molar-refractivity contribution in [3.8, 4) is 0 Å². The number of anilines is 2. The van der Waals surface area contributed by atoms with E-state index < -0.39 is 0 Å². The Morgan fingerprint density at radius 1 is 1.14 bits per heavy atom. The highest BCUT2D eigenvalue weighted by atomic mass is 35.5. The summed E-state index contributed by atoms with van der Waals surface area (Å²) in [5.41, 5.74) is 1.72. The Morgan fingerprint density at radius 3 is 2.48 bits per heavy atom. The summed E-state index contributed by atoms with van der Waals surface area (Å²) in [5.74, 6) is 0.563. The van der Waals surface area contributed by atoms with E-state index in [4.69, 9.17) is 11.6 Å². The maximum Gasteiger partial charge on any atom is 0.133 e. The van der Waals surface area contributed by atoms with E-state index in [0.717, 1.165) is 30.3 Å². The zero-order valence-electron chi connectivity index (χ0n) is 12.2. The number of benzene rings is 1. The van der Waals surface area contributed by atoms with Gasteiger partial charge in [-0.1, -0.05) is 18.5 Å². The number of rotatable bonds is 6. The molecule has 0 aliphatic carbocycles. The smallest absolute Gasteiger partial charge is 0.133 e. The van der Waals surface area contributed by atoms with Gasteiger partial charge in [-0.15, -0.1) is 0 Å². The number of pyridine rings is 1. The van der Waals surface area contributed by atoms with Crippen LogP contribution in [-0.4, -0.2) is 18.1 Å². The van der Waals surface area contributed by atoms with Crippen LogP contribution in [0.4, 0.5) is 15.9 Å². The fraction of sp³-hybridized carbons (Fsp3) is 0.312. The van der Waals surface area contributed by atoms with E-state index in [1.54, 1.807) is 12.1 Å². The first-order chi connectivity index (χ1) is 10.2. The largest absolute Gasteiger partial charge is 0.327 e. The molecule has 0 saturated heterocycles. The van der Waals surface area contributed by atoms with E-state index in [2.05, 4.69) is 10.3 Å². The molecule has 2 rings (SSSR count). The summed E-state index contributed by atoms with van der Waals surface area (Å²) in [4.78, 5) is 6.64. The summed E-state index contributed by atoms with van der Waals surface area (Å²) < 4.78 is 13.1. The molecule has 0 amide bonds. The highest BCUT2D eigenvalue weighted by Crippen LogP contribution is 2.26. The maximum absolute atomic E-state index is 13.1. The van der Waals surface area contributed by atoms with Crippen molar-refractivity contribution in [3.63, 3.8) is 0 Å². The third kappa shape index (κ3) is 3.93. The Labute approximate surface area is 129 Å². The van der Waals surface area contributed by atoms with Crippen LogP contribution in [0.15, 0.2) is 36.4 Å². The summed E-state index contributed by atoms with van der Waals surface area (Å²) in [6, 6.07) is 10.1. The van der Waals surface area contributed by atoms with Gasteiger partial charge in [0.25, 0.3) is 0 Å². The van der Waals surface area contributed by atoms with E-state index >= 15 is 0 Å². The standard InChI is InChI=1S/C16H19ClFN3/c1-3-19-11-15-14(17)9-10-16(20-15)21(4-2)13-7-5-12(18)6-8-13/h5-10,19H,3-4,11H2,1-2H3. The van der Waals surface area contributed by atoms with Gasteiger partial charge >= 0.3 is 0 Å². The summed E-state index contributed by atoms with van der Waals surface area (Å²) in [7, 11) is 0. The molecule has 0 aliphatic heterocycles. The van der Waals surface area contributed by atoms with Gasteiger partial charge < -0.3 is 10.2 Å². The quantitative estimate of drug-likeness (QED) is 0.869. The molecule has 0 atom stereocenters. The molecule has 0 unspecified atom stereocenters. The molecule has 5 heteroatoms. The molecule has 0 fully saturated rings. The van der Waals surface area contributed by atoms with Gasteiger partial charge in [-0.2, -0.15) is 0 Å². The second-order valence-electron chi connectivity index (χ2n) is 4.60. The molecular formula is C16H19ClFN3. The molecule has 0 saturated carbocycles. The third-order valence-electron chi connectivity index (χ3n) is 3.18. The lowest BCUT2D eigenvalue weighted by atomic mass is 10.2. The Balaban J connectivity index is 2.31. The van der Waals surface area contributed by atoms with Gasteiger partial charge in [0.05, 0.1) is 10.7 Å². The van der Waals surface area contributed by atoms with Crippen LogP contribution in [0.1, 0.15) is 19.5 Å². The minimum atomic E-state index is -0.244. The number of halogens is 2. The molecule has 1 aromatic heterocycles. The predicted octanol–water partition coefficient (Wildman–Crippen LogP) is 4.14. The van der Waals surface area contributed by atoms with Crippen molar-refractivity contribution >= 4 is 23.1 Å². The van der Waals surface area contributed by atoms with E-state index in [0.29, 0.717) is 11.6 Å². The molecule has 112 valence electrons. The fourth-order valence-corrected chi connectivity index (χ4v) is 2.26. The number of nitrogens with one attached hydrogen (secondary N) is 1. The molecule has 0 radical (unpaired) electrons. The zero-order chi connectivity index (χ0) is 15.2. The van der Waals surface area contributed by atoms with Crippen LogP contribution in [0.3, 0.4) is 0 Å². The van der Waals surface area contributed by atoms with Crippen molar-refractivity contribution in [2.75, 3.05) is 18.0 Å². The lowest BCUT2D eigenvalue weighted by molar-refractivity contribution is 0.627. The van der Waals surface area contributed by atoms with E-state index in [1.807, 2.05) is 30.9 Å². The van der Waals surface area contributed by atoms with Crippen molar-refractivity contribution in [2.24, 2.45) is 0 Å². The Morgan fingerprint density at radius 2 is 1.86 bits per heavy atom. The van der Waals surface area contributed by atoms with Gasteiger partial charge in [0.2, 0.25) is 0 Å². The van der Waals surface area contributed by atoms with Crippen molar-refractivity contribution in [1.29, 1.82) is 0 Å². The Kier molecular flexibility index (Phi) is 5.53. The molecule has 0 aliphatic rings. The number of hydrogen-bond donors (Lipinski definition) is 1. The van der Waals surface area contributed by atoms with Crippen molar-refractivity contribution < 1.29 is 4.39 Å². The van der Waals surface area contributed by atoms with Gasteiger partial charge in [-0.05, 0) is 49.9 Å². The average Bonchev–Trinajstić information content (AvgIpc) is 2.50. The van der Waals surface area contributed by atoms with E-state index in [9.17, 15) is 4.39 Å². The van der Waals surface area contributed by atoms with E-state index in [-0.39, 0.29) is 5.82 Å².